The van der Waals surface area contributed by atoms with Crippen molar-refractivity contribution in [1.82, 2.24) is 9.97 Å². The highest BCUT2D eigenvalue weighted by Crippen LogP contribution is 2.37. The standard InChI is InChI=1S/C15H26N4O/c1-4-20-10-14-18-12(16)9-13(19-14)17-11-7-5-6-8-15(11,2)3/h9,11H,4-8,10H2,1-3H3,(H3,16,17,18,19). The maximum absolute atomic E-state index is 5.86. The van der Waals surface area contributed by atoms with E-state index >= 15 is 0 Å². The molecule has 1 saturated carbocycles. The molecule has 3 N–H and O–H groups in total. The van der Waals surface area contributed by atoms with Crippen LogP contribution in [0.25, 0.3) is 0 Å². The molecule has 0 aliphatic heterocycles. The molecule has 1 heterocycles. The van der Waals surface area contributed by atoms with Gasteiger partial charge in [0.25, 0.3) is 0 Å². The van der Waals surface area contributed by atoms with Gasteiger partial charge in [-0.1, -0.05) is 26.7 Å². The Kier molecular flexibility index (Phi) is 4.81. The zero-order valence-corrected chi connectivity index (χ0v) is 12.8. The fourth-order valence-electron chi connectivity index (χ4n) is 2.79. The lowest BCUT2D eigenvalue weighted by atomic mass is 9.73. The lowest BCUT2D eigenvalue weighted by Crippen LogP contribution is -2.39. The molecule has 0 radical (unpaired) electrons. The summed E-state index contributed by atoms with van der Waals surface area (Å²) in [6.45, 7) is 7.64. The third-order valence-electron chi connectivity index (χ3n) is 4.06. The second-order valence-corrected chi connectivity index (χ2v) is 6.16. The summed E-state index contributed by atoms with van der Waals surface area (Å²) in [5, 5.41) is 3.54. The predicted molar refractivity (Wildman–Crippen MR) is 81.4 cm³/mol. The quantitative estimate of drug-likeness (QED) is 0.866. The van der Waals surface area contributed by atoms with Crippen molar-refractivity contribution in [1.29, 1.82) is 0 Å². The van der Waals surface area contributed by atoms with Gasteiger partial charge in [0.15, 0.2) is 5.82 Å². The molecule has 1 aliphatic carbocycles. The first-order valence-electron chi connectivity index (χ1n) is 7.49. The maximum atomic E-state index is 5.86. The summed E-state index contributed by atoms with van der Waals surface area (Å²) in [7, 11) is 0. The summed E-state index contributed by atoms with van der Waals surface area (Å²) in [5.74, 6) is 1.95. The molecular weight excluding hydrogens is 252 g/mol. The average Bonchev–Trinajstić information content (AvgIpc) is 2.38. The summed E-state index contributed by atoms with van der Waals surface area (Å²) in [6.07, 6.45) is 5.01. The molecule has 1 fully saturated rings. The Bertz CT molecular complexity index is 447. The van der Waals surface area contributed by atoms with Gasteiger partial charge in [-0.2, -0.15) is 0 Å². The Morgan fingerprint density at radius 2 is 2.20 bits per heavy atom. The van der Waals surface area contributed by atoms with Gasteiger partial charge < -0.3 is 15.8 Å². The van der Waals surface area contributed by atoms with Crippen molar-refractivity contribution < 1.29 is 4.74 Å². The molecule has 0 aromatic carbocycles. The number of nitrogens with zero attached hydrogens (tertiary/aromatic N) is 2. The Morgan fingerprint density at radius 3 is 2.90 bits per heavy atom. The first-order valence-corrected chi connectivity index (χ1v) is 7.49. The zero-order chi connectivity index (χ0) is 14.6. The van der Waals surface area contributed by atoms with Crippen LogP contribution in [0.2, 0.25) is 0 Å². The average molecular weight is 278 g/mol. The van der Waals surface area contributed by atoms with Crippen molar-refractivity contribution in [3.63, 3.8) is 0 Å². The number of hydrogen-bond acceptors (Lipinski definition) is 5. The van der Waals surface area contributed by atoms with E-state index in [9.17, 15) is 0 Å². The van der Waals surface area contributed by atoms with Crippen LogP contribution in [0.5, 0.6) is 0 Å². The van der Waals surface area contributed by atoms with Crippen LogP contribution in [-0.2, 0) is 11.3 Å². The van der Waals surface area contributed by atoms with Crippen molar-refractivity contribution in [2.45, 2.75) is 59.1 Å². The first-order chi connectivity index (χ1) is 9.51. The van der Waals surface area contributed by atoms with Crippen LogP contribution in [0.3, 0.4) is 0 Å². The van der Waals surface area contributed by atoms with E-state index in [0.29, 0.717) is 30.9 Å². The van der Waals surface area contributed by atoms with Gasteiger partial charge in [-0.3, -0.25) is 0 Å². The van der Waals surface area contributed by atoms with Gasteiger partial charge in [-0.05, 0) is 25.2 Å². The second kappa shape index (κ2) is 6.39. The van der Waals surface area contributed by atoms with Crippen molar-refractivity contribution >= 4 is 11.6 Å². The highest BCUT2D eigenvalue weighted by atomic mass is 16.5. The first kappa shape index (κ1) is 15.0. The van der Waals surface area contributed by atoms with Crippen LogP contribution in [0.4, 0.5) is 11.6 Å². The van der Waals surface area contributed by atoms with E-state index in [1.54, 1.807) is 6.07 Å². The number of anilines is 2. The minimum atomic E-state index is 0.290. The molecule has 1 aromatic rings. The van der Waals surface area contributed by atoms with Gasteiger partial charge in [-0.25, -0.2) is 9.97 Å². The van der Waals surface area contributed by atoms with Gasteiger partial charge in [0.1, 0.15) is 18.2 Å². The molecule has 2 rings (SSSR count). The van der Waals surface area contributed by atoms with E-state index in [0.717, 1.165) is 5.82 Å². The fraction of sp³-hybridized carbons (Fsp3) is 0.733. The minimum Gasteiger partial charge on any atom is -0.384 e. The molecule has 1 aliphatic rings. The van der Waals surface area contributed by atoms with Crippen LogP contribution in [-0.4, -0.2) is 22.6 Å². The maximum Gasteiger partial charge on any atom is 0.158 e. The van der Waals surface area contributed by atoms with E-state index in [1.807, 2.05) is 6.92 Å². The third-order valence-corrected chi connectivity index (χ3v) is 4.06. The van der Waals surface area contributed by atoms with Gasteiger partial charge in [0.2, 0.25) is 0 Å². The van der Waals surface area contributed by atoms with Crippen LogP contribution in [0.1, 0.15) is 52.3 Å². The van der Waals surface area contributed by atoms with Gasteiger partial charge in [-0.15, -0.1) is 0 Å². The number of nitrogens with two attached hydrogens (primary N) is 1. The highest BCUT2D eigenvalue weighted by molar-refractivity contribution is 5.45. The van der Waals surface area contributed by atoms with Gasteiger partial charge in [0, 0.05) is 18.7 Å². The number of nitrogens with one attached hydrogen (secondary N) is 1. The number of rotatable bonds is 5. The van der Waals surface area contributed by atoms with E-state index < -0.39 is 0 Å². The van der Waals surface area contributed by atoms with Crippen LogP contribution in [0, 0.1) is 5.41 Å². The summed E-state index contributed by atoms with van der Waals surface area (Å²) < 4.78 is 5.35. The molecule has 5 heteroatoms. The van der Waals surface area contributed by atoms with E-state index in [1.165, 1.54) is 25.7 Å². The molecule has 1 atom stereocenters. The van der Waals surface area contributed by atoms with Crippen molar-refractivity contribution in [2.75, 3.05) is 17.7 Å². The number of aromatic nitrogens is 2. The predicted octanol–water partition coefficient (Wildman–Crippen LogP) is 2.98. The normalized spacial score (nSPS) is 21.6. The molecule has 1 aromatic heterocycles. The zero-order valence-electron chi connectivity index (χ0n) is 12.8. The number of ether oxygens (including phenoxy) is 1. The van der Waals surface area contributed by atoms with E-state index in [-0.39, 0.29) is 5.41 Å². The molecule has 5 nitrogen and oxygen atoms in total. The van der Waals surface area contributed by atoms with Gasteiger partial charge in [0.05, 0.1) is 0 Å². The Balaban J connectivity index is 2.09. The molecule has 0 spiro atoms. The molecular formula is C15H26N4O. The monoisotopic (exact) mass is 278 g/mol. The smallest absolute Gasteiger partial charge is 0.158 e. The number of hydrogen-bond donors (Lipinski definition) is 2. The molecule has 1 unspecified atom stereocenters. The second-order valence-electron chi connectivity index (χ2n) is 6.16. The van der Waals surface area contributed by atoms with E-state index in [2.05, 4.69) is 29.1 Å². The van der Waals surface area contributed by atoms with Crippen LogP contribution < -0.4 is 11.1 Å². The van der Waals surface area contributed by atoms with Crippen LogP contribution >= 0.6 is 0 Å². The third kappa shape index (κ3) is 3.82. The Labute approximate surface area is 121 Å². The minimum absolute atomic E-state index is 0.290. The van der Waals surface area contributed by atoms with Crippen LogP contribution in [0.15, 0.2) is 6.07 Å². The summed E-state index contributed by atoms with van der Waals surface area (Å²) in [6, 6.07) is 2.24. The van der Waals surface area contributed by atoms with Crippen molar-refractivity contribution in [3.05, 3.63) is 11.9 Å². The largest absolute Gasteiger partial charge is 0.384 e. The summed E-state index contributed by atoms with van der Waals surface area (Å²) in [5.41, 5.74) is 6.15. The summed E-state index contributed by atoms with van der Waals surface area (Å²) >= 11 is 0. The highest BCUT2D eigenvalue weighted by Gasteiger charge is 2.32. The summed E-state index contributed by atoms with van der Waals surface area (Å²) in [4.78, 5) is 8.71. The topological polar surface area (TPSA) is 73.1 Å². The lowest BCUT2D eigenvalue weighted by Gasteiger charge is -2.39. The molecule has 0 saturated heterocycles. The molecule has 0 amide bonds. The lowest BCUT2D eigenvalue weighted by molar-refractivity contribution is 0.128. The van der Waals surface area contributed by atoms with Gasteiger partial charge >= 0.3 is 0 Å². The number of nitrogen functional groups attached to an aromatic ring is 1. The van der Waals surface area contributed by atoms with E-state index in [4.69, 9.17) is 10.5 Å². The fourth-order valence-corrected chi connectivity index (χ4v) is 2.79. The van der Waals surface area contributed by atoms with Crippen molar-refractivity contribution in [3.8, 4) is 0 Å². The molecule has 0 bridgehead atoms. The van der Waals surface area contributed by atoms with Crippen molar-refractivity contribution in [2.24, 2.45) is 5.41 Å². The molecule has 20 heavy (non-hydrogen) atoms. The Hall–Kier alpha value is -1.36. The molecule has 112 valence electrons. The Morgan fingerprint density at radius 1 is 1.40 bits per heavy atom. The SMILES string of the molecule is CCOCc1nc(N)cc(NC2CCCCC2(C)C)n1.